The van der Waals surface area contributed by atoms with Crippen molar-refractivity contribution < 1.29 is 19.0 Å². The number of benzene rings is 2. The van der Waals surface area contributed by atoms with Crippen LogP contribution in [0.25, 0.3) is 11.4 Å². The molecule has 10 heteroatoms. The summed E-state index contributed by atoms with van der Waals surface area (Å²) < 4.78 is 10.4. The van der Waals surface area contributed by atoms with Crippen molar-refractivity contribution in [1.29, 1.82) is 0 Å². The van der Waals surface area contributed by atoms with Crippen LogP contribution in [-0.2, 0) is 11.2 Å². The number of aromatic nitrogens is 2. The van der Waals surface area contributed by atoms with Gasteiger partial charge in [0.2, 0.25) is 17.6 Å². The molecule has 1 N–H and O–H groups in total. The SMILES string of the molecule is COc1ccccc1-c1noc(CCC(=O)Nc2ccc(Cl)c([N+](=O)[O-])c2)n1. The van der Waals surface area contributed by atoms with E-state index >= 15 is 0 Å². The maximum absolute atomic E-state index is 12.1. The molecule has 28 heavy (non-hydrogen) atoms. The minimum atomic E-state index is -0.615. The smallest absolute Gasteiger partial charge is 0.289 e. The minimum absolute atomic E-state index is 0.00210. The number of nitro groups is 1. The lowest BCUT2D eigenvalue weighted by molar-refractivity contribution is -0.384. The van der Waals surface area contributed by atoms with E-state index in [0.29, 0.717) is 17.1 Å². The Hall–Kier alpha value is -3.46. The molecule has 2 aromatic carbocycles. The molecule has 0 atom stereocenters. The number of amides is 1. The molecule has 0 aliphatic rings. The molecule has 0 radical (unpaired) electrons. The first-order chi connectivity index (χ1) is 13.5. The van der Waals surface area contributed by atoms with Crippen LogP contribution in [0.4, 0.5) is 11.4 Å². The van der Waals surface area contributed by atoms with Gasteiger partial charge in [0.25, 0.3) is 5.69 Å². The quantitative estimate of drug-likeness (QED) is 0.470. The first-order valence-corrected chi connectivity index (χ1v) is 8.55. The summed E-state index contributed by atoms with van der Waals surface area (Å²) >= 11 is 5.75. The van der Waals surface area contributed by atoms with E-state index in [-0.39, 0.29) is 41.0 Å². The first-order valence-electron chi connectivity index (χ1n) is 8.17. The predicted octanol–water partition coefficient (Wildman–Crippen LogP) is 3.88. The van der Waals surface area contributed by atoms with E-state index in [1.54, 1.807) is 19.2 Å². The van der Waals surface area contributed by atoms with E-state index < -0.39 is 4.92 Å². The summed E-state index contributed by atoms with van der Waals surface area (Å²) in [6.45, 7) is 0. The van der Waals surface area contributed by atoms with E-state index in [2.05, 4.69) is 15.5 Å². The largest absolute Gasteiger partial charge is 0.496 e. The Morgan fingerprint density at radius 2 is 2.11 bits per heavy atom. The molecule has 3 aromatic rings. The number of para-hydroxylation sites is 1. The second-order valence-electron chi connectivity index (χ2n) is 5.68. The lowest BCUT2D eigenvalue weighted by Gasteiger charge is -2.04. The number of ether oxygens (including phenoxy) is 1. The lowest BCUT2D eigenvalue weighted by Crippen LogP contribution is -2.12. The molecule has 9 nitrogen and oxygen atoms in total. The molecule has 144 valence electrons. The van der Waals surface area contributed by atoms with Crippen molar-refractivity contribution in [1.82, 2.24) is 10.1 Å². The minimum Gasteiger partial charge on any atom is -0.496 e. The summed E-state index contributed by atoms with van der Waals surface area (Å²) in [4.78, 5) is 26.7. The number of aryl methyl sites for hydroxylation is 1. The molecule has 0 saturated carbocycles. The fourth-order valence-electron chi connectivity index (χ4n) is 2.47. The highest BCUT2D eigenvalue weighted by atomic mass is 35.5. The molecule has 1 aromatic heterocycles. The second kappa shape index (κ2) is 8.49. The van der Waals surface area contributed by atoms with Crippen LogP contribution >= 0.6 is 11.6 Å². The lowest BCUT2D eigenvalue weighted by atomic mass is 10.2. The third-order valence-electron chi connectivity index (χ3n) is 3.81. The van der Waals surface area contributed by atoms with Gasteiger partial charge < -0.3 is 14.6 Å². The van der Waals surface area contributed by atoms with Crippen LogP contribution in [0.15, 0.2) is 47.0 Å². The standard InChI is InChI=1S/C18H15ClN4O5/c1-27-15-5-3-2-4-12(15)18-21-17(28-22-18)9-8-16(24)20-11-6-7-13(19)14(10-11)23(25)26/h2-7,10H,8-9H2,1H3,(H,20,24). The average Bonchev–Trinajstić information content (AvgIpc) is 3.16. The van der Waals surface area contributed by atoms with Crippen molar-refractivity contribution in [3.05, 3.63) is 63.5 Å². The van der Waals surface area contributed by atoms with Crippen LogP contribution in [0.1, 0.15) is 12.3 Å². The zero-order valence-electron chi connectivity index (χ0n) is 14.7. The van der Waals surface area contributed by atoms with E-state index in [1.165, 1.54) is 18.2 Å². The Labute approximate surface area is 164 Å². The predicted molar refractivity (Wildman–Crippen MR) is 101 cm³/mol. The number of hydrogen-bond acceptors (Lipinski definition) is 7. The Morgan fingerprint density at radius 3 is 2.86 bits per heavy atom. The zero-order valence-corrected chi connectivity index (χ0v) is 15.5. The molecular formula is C18H15ClN4O5. The van der Waals surface area contributed by atoms with Crippen LogP contribution in [0, 0.1) is 10.1 Å². The van der Waals surface area contributed by atoms with Crippen LogP contribution < -0.4 is 10.1 Å². The number of methoxy groups -OCH3 is 1. The molecule has 3 rings (SSSR count). The number of carbonyl (C=O) groups excluding carboxylic acids is 1. The van der Waals surface area contributed by atoms with Crippen LogP contribution in [-0.4, -0.2) is 28.1 Å². The average molecular weight is 403 g/mol. The van der Waals surface area contributed by atoms with Crippen molar-refractivity contribution >= 4 is 28.9 Å². The van der Waals surface area contributed by atoms with Gasteiger partial charge in [-0.3, -0.25) is 14.9 Å². The number of nitrogens with one attached hydrogen (secondary N) is 1. The first kappa shape index (κ1) is 19.3. The molecule has 0 aliphatic carbocycles. The number of halogens is 1. The van der Waals surface area contributed by atoms with E-state index in [9.17, 15) is 14.9 Å². The van der Waals surface area contributed by atoms with Gasteiger partial charge in [-0.15, -0.1) is 0 Å². The van der Waals surface area contributed by atoms with Crippen molar-refractivity contribution in [2.75, 3.05) is 12.4 Å². The third-order valence-corrected chi connectivity index (χ3v) is 4.13. The molecule has 1 amide bonds. The van der Waals surface area contributed by atoms with E-state index in [4.69, 9.17) is 20.9 Å². The van der Waals surface area contributed by atoms with Gasteiger partial charge >= 0.3 is 0 Å². The second-order valence-corrected chi connectivity index (χ2v) is 6.09. The summed E-state index contributed by atoms with van der Waals surface area (Å²) in [6.07, 6.45) is 0.271. The van der Waals surface area contributed by atoms with Crippen molar-refractivity contribution in [3.63, 3.8) is 0 Å². The Morgan fingerprint density at radius 1 is 1.32 bits per heavy atom. The number of nitrogens with zero attached hydrogens (tertiary/aromatic N) is 3. The zero-order chi connectivity index (χ0) is 20.1. The normalized spacial score (nSPS) is 10.5. The fraction of sp³-hybridized carbons (Fsp3) is 0.167. The number of rotatable bonds is 7. The summed E-state index contributed by atoms with van der Waals surface area (Å²) in [5.41, 5.74) is 0.678. The van der Waals surface area contributed by atoms with Gasteiger partial charge in [-0.2, -0.15) is 4.98 Å². The van der Waals surface area contributed by atoms with Crippen molar-refractivity contribution in [2.45, 2.75) is 12.8 Å². The molecule has 0 fully saturated rings. The van der Waals surface area contributed by atoms with Gasteiger partial charge in [-0.05, 0) is 24.3 Å². The van der Waals surface area contributed by atoms with Crippen molar-refractivity contribution in [2.24, 2.45) is 0 Å². The van der Waals surface area contributed by atoms with Gasteiger partial charge in [-0.25, -0.2) is 0 Å². The van der Waals surface area contributed by atoms with Crippen LogP contribution in [0.2, 0.25) is 5.02 Å². The summed E-state index contributed by atoms with van der Waals surface area (Å²) in [7, 11) is 1.55. The maximum Gasteiger partial charge on any atom is 0.289 e. The van der Waals surface area contributed by atoms with Gasteiger partial charge in [-0.1, -0.05) is 28.9 Å². The number of hydrogen-bond donors (Lipinski definition) is 1. The third kappa shape index (κ3) is 4.44. The highest BCUT2D eigenvalue weighted by molar-refractivity contribution is 6.32. The molecule has 0 aliphatic heterocycles. The summed E-state index contributed by atoms with van der Waals surface area (Å²) in [6, 6.07) is 11.3. The molecule has 0 saturated heterocycles. The highest BCUT2D eigenvalue weighted by Crippen LogP contribution is 2.28. The molecular weight excluding hydrogens is 388 g/mol. The summed E-state index contributed by atoms with van der Waals surface area (Å²) in [5.74, 6) is 0.907. The Balaban J connectivity index is 1.62. The molecule has 1 heterocycles. The highest BCUT2D eigenvalue weighted by Gasteiger charge is 2.16. The van der Waals surface area contributed by atoms with Gasteiger partial charge in [0.1, 0.15) is 10.8 Å². The number of carbonyl (C=O) groups is 1. The topological polar surface area (TPSA) is 120 Å². The fourth-order valence-corrected chi connectivity index (χ4v) is 2.66. The van der Waals surface area contributed by atoms with Crippen molar-refractivity contribution in [3.8, 4) is 17.1 Å². The van der Waals surface area contributed by atoms with E-state index in [1.807, 2.05) is 12.1 Å². The molecule has 0 bridgehead atoms. The van der Waals surface area contributed by atoms with Gasteiger partial charge in [0.05, 0.1) is 17.6 Å². The molecule has 0 spiro atoms. The Bertz CT molecular complexity index is 1020. The van der Waals surface area contributed by atoms with Gasteiger partial charge in [0.15, 0.2) is 0 Å². The van der Waals surface area contributed by atoms with Crippen LogP contribution in [0.3, 0.4) is 0 Å². The summed E-state index contributed by atoms with van der Waals surface area (Å²) in [5, 5.41) is 17.4. The van der Waals surface area contributed by atoms with Gasteiger partial charge in [0, 0.05) is 24.6 Å². The monoisotopic (exact) mass is 402 g/mol. The number of anilines is 1. The van der Waals surface area contributed by atoms with Crippen LogP contribution in [0.5, 0.6) is 5.75 Å². The Kier molecular flexibility index (Phi) is 5.85. The number of nitro benzene ring substituents is 1. The van der Waals surface area contributed by atoms with E-state index in [0.717, 1.165) is 0 Å². The maximum atomic E-state index is 12.1. The molecule has 0 unspecified atom stereocenters.